The summed E-state index contributed by atoms with van der Waals surface area (Å²) < 4.78 is 43.6. The van der Waals surface area contributed by atoms with Gasteiger partial charge < -0.3 is 10.1 Å². The molecule has 4 nitrogen and oxygen atoms in total. The van der Waals surface area contributed by atoms with Crippen molar-refractivity contribution in [2.45, 2.75) is 13.1 Å². The number of benzene rings is 2. The van der Waals surface area contributed by atoms with Gasteiger partial charge in [0.15, 0.2) is 12.4 Å². The van der Waals surface area contributed by atoms with Crippen LogP contribution in [0.25, 0.3) is 0 Å². The third kappa shape index (κ3) is 5.22. The van der Waals surface area contributed by atoms with Crippen LogP contribution in [-0.2, 0) is 11.0 Å². The van der Waals surface area contributed by atoms with Crippen molar-refractivity contribution >= 4 is 29.0 Å². The van der Waals surface area contributed by atoms with Crippen molar-refractivity contribution in [3.63, 3.8) is 0 Å². The van der Waals surface area contributed by atoms with Gasteiger partial charge in [-0.1, -0.05) is 11.6 Å². The molecule has 0 aromatic heterocycles. The van der Waals surface area contributed by atoms with Crippen molar-refractivity contribution in [3.8, 4) is 5.75 Å². The molecule has 0 aliphatic rings. The highest BCUT2D eigenvalue weighted by Crippen LogP contribution is 2.36. The van der Waals surface area contributed by atoms with Crippen LogP contribution in [0, 0.1) is 0 Å². The summed E-state index contributed by atoms with van der Waals surface area (Å²) in [6.07, 6.45) is -4.62. The van der Waals surface area contributed by atoms with E-state index in [2.05, 4.69) is 5.32 Å². The van der Waals surface area contributed by atoms with Crippen molar-refractivity contribution in [1.82, 2.24) is 0 Å². The van der Waals surface area contributed by atoms with E-state index in [1.165, 1.54) is 25.1 Å². The van der Waals surface area contributed by atoms with E-state index < -0.39 is 29.3 Å². The predicted octanol–water partition coefficient (Wildman–Crippen LogP) is 4.58. The van der Waals surface area contributed by atoms with Gasteiger partial charge >= 0.3 is 6.18 Å². The zero-order valence-electron chi connectivity index (χ0n) is 13.0. The number of alkyl halides is 3. The fourth-order valence-corrected chi connectivity index (χ4v) is 2.18. The maximum atomic E-state index is 12.8. The minimum absolute atomic E-state index is 0.0442. The normalized spacial score (nSPS) is 11.1. The first kappa shape index (κ1) is 18.8. The first-order valence-electron chi connectivity index (χ1n) is 7.07. The number of Topliss-reactive ketones (excluding diaryl/α,β-unsaturated/α-hetero) is 1. The number of rotatable bonds is 5. The number of carbonyl (C=O) groups excluding carboxylic acids is 2. The molecule has 0 fully saturated rings. The van der Waals surface area contributed by atoms with E-state index in [4.69, 9.17) is 16.3 Å². The summed E-state index contributed by atoms with van der Waals surface area (Å²) in [5.74, 6) is -0.383. The second-order valence-corrected chi connectivity index (χ2v) is 5.52. The molecule has 0 unspecified atom stereocenters. The molecular formula is C17H13ClF3NO3. The van der Waals surface area contributed by atoms with Gasteiger partial charge in [-0.25, -0.2) is 0 Å². The Labute approximate surface area is 146 Å². The molecule has 132 valence electrons. The number of hydrogen-bond donors (Lipinski definition) is 1. The minimum atomic E-state index is -4.62. The van der Waals surface area contributed by atoms with Crippen LogP contribution in [0.4, 0.5) is 18.9 Å². The molecule has 2 aromatic carbocycles. The van der Waals surface area contributed by atoms with Crippen LogP contribution >= 0.6 is 11.6 Å². The minimum Gasteiger partial charge on any atom is -0.484 e. The summed E-state index contributed by atoms with van der Waals surface area (Å²) in [6.45, 7) is 1.02. The molecule has 0 aliphatic carbocycles. The first-order valence-corrected chi connectivity index (χ1v) is 7.45. The van der Waals surface area contributed by atoms with Crippen molar-refractivity contribution in [3.05, 3.63) is 58.6 Å². The SMILES string of the molecule is CC(=O)c1ccc(OCC(=O)Nc2ccc(Cl)c(C(F)(F)F)c2)cc1. The van der Waals surface area contributed by atoms with Crippen molar-refractivity contribution in [2.75, 3.05) is 11.9 Å². The number of anilines is 1. The lowest BCUT2D eigenvalue weighted by Crippen LogP contribution is -2.20. The number of nitrogens with one attached hydrogen (secondary N) is 1. The molecule has 1 N–H and O–H groups in total. The molecule has 0 spiro atoms. The Morgan fingerprint density at radius 1 is 1.12 bits per heavy atom. The predicted molar refractivity (Wildman–Crippen MR) is 87.0 cm³/mol. The average molecular weight is 372 g/mol. The van der Waals surface area contributed by atoms with E-state index >= 15 is 0 Å². The monoisotopic (exact) mass is 371 g/mol. The molecular weight excluding hydrogens is 359 g/mol. The molecule has 0 bridgehead atoms. The van der Waals surface area contributed by atoms with Crippen molar-refractivity contribution < 1.29 is 27.5 Å². The first-order chi connectivity index (χ1) is 11.7. The van der Waals surface area contributed by atoms with Crippen LogP contribution in [0.5, 0.6) is 5.75 Å². The van der Waals surface area contributed by atoms with E-state index in [0.717, 1.165) is 12.1 Å². The third-order valence-corrected chi connectivity index (χ3v) is 3.52. The number of halogens is 4. The van der Waals surface area contributed by atoms with E-state index in [1.54, 1.807) is 12.1 Å². The van der Waals surface area contributed by atoms with Crippen LogP contribution in [0.3, 0.4) is 0 Å². The van der Waals surface area contributed by atoms with Gasteiger partial charge in [-0.2, -0.15) is 13.2 Å². The van der Waals surface area contributed by atoms with Crippen LogP contribution in [0.15, 0.2) is 42.5 Å². The zero-order chi connectivity index (χ0) is 18.6. The fourth-order valence-electron chi connectivity index (χ4n) is 1.95. The van der Waals surface area contributed by atoms with Gasteiger partial charge in [-0.15, -0.1) is 0 Å². The Morgan fingerprint density at radius 3 is 2.32 bits per heavy atom. The van der Waals surface area contributed by atoms with E-state index in [0.29, 0.717) is 11.3 Å². The second kappa shape index (κ2) is 7.57. The second-order valence-electron chi connectivity index (χ2n) is 5.11. The Hall–Kier alpha value is -2.54. The van der Waals surface area contributed by atoms with Crippen molar-refractivity contribution in [1.29, 1.82) is 0 Å². The lowest BCUT2D eigenvalue weighted by molar-refractivity contribution is -0.137. The summed E-state index contributed by atoms with van der Waals surface area (Å²) in [5.41, 5.74) is -0.581. The standard InChI is InChI=1S/C17H13ClF3NO3/c1-10(23)11-2-5-13(6-3-11)25-9-16(24)22-12-4-7-15(18)14(8-12)17(19,20)21/h2-8H,9H2,1H3,(H,22,24). The van der Waals surface area contributed by atoms with Crippen molar-refractivity contribution in [2.24, 2.45) is 0 Å². The molecule has 0 radical (unpaired) electrons. The molecule has 0 saturated carbocycles. The number of hydrogen-bond acceptors (Lipinski definition) is 3. The lowest BCUT2D eigenvalue weighted by atomic mass is 10.1. The highest BCUT2D eigenvalue weighted by molar-refractivity contribution is 6.31. The summed E-state index contributed by atoms with van der Waals surface area (Å²) in [7, 11) is 0. The maximum absolute atomic E-state index is 12.8. The molecule has 1 amide bonds. The van der Waals surface area contributed by atoms with Crippen LogP contribution in [-0.4, -0.2) is 18.3 Å². The van der Waals surface area contributed by atoms with E-state index in [1.807, 2.05) is 0 Å². The summed E-state index contributed by atoms with van der Waals surface area (Å²) in [4.78, 5) is 23.0. The maximum Gasteiger partial charge on any atom is 0.417 e. The summed E-state index contributed by atoms with van der Waals surface area (Å²) >= 11 is 5.51. The van der Waals surface area contributed by atoms with Crippen LogP contribution in [0.2, 0.25) is 5.02 Å². The van der Waals surface area contributed by atoms with Gasteiger partial charge in [0.2, 0.25) is 0 Å². The highest BCUT2D eigenvalue weighted by Gasteiger charge is 2.33. The van der Waals surface area contributed by atoms with Gasteiger partial charge in [0.1, 0.15) is 5.75 Å². The Bertz CT molecular complexity index is 789. The molecule has 8 heteroatoms. The molecule has 0 atom stereocenters. The number of amides is 1. The molecule has 0 heterocycles. The van der Waals surface area contributed by atoms with Gasteiger partial charge in [-0.3, -0.25) is 9.59 Å². The molecule has 2 aromatic rings. The molecule has 0 aliphatic heterocycles. The Balaban J connectivity index is 1.97. The van der Waals surface area contributed by atoms with Gasteiger partial charge in [0.05, 0.1) is 10.6 Å². The van der Waals surface area contributed by atoms with E-state index in [9.17, 15) is 22.8 Å². The van der Waals surface area contributed by atoms with Gasteiger partial charge in [0.25, 0.3) is 5.91 Å². The van der Waals surface area contributed by atoms with Crippen LogP contribution < -0.4 is 10.1 Å². The van der Waals surface area contributed by atoms with Crippen LogP contribution in [0.1, 0.15) is 22.8 Å². The zero-order valence-corrected chi connectivity index (χ0v) is 13.7. The van der Waals surface area contributed by atoms with Gasteiger partial charge in [-0.05, 0) is 49.4 Å². The van der Waals surface area contributed by atoms with E-state index in [-0.39, 0.29) is 11.5 Å². The Morgan fingerprint density at radius 2 is 1.76 bits per heavy atom. The molecule has 25 heavy (non-hydrogen) atoms. The lowest BCUT2D eigenvalue weighted by Gasteiger charge is -2.12. The smallest absolute Gasteiger partial charge is 0.417 e. The summed E-state index contributed by atoms with van der Waals surface area (Å²) in [6, 6.07) is 9.21. The quantitative estimate of drug-likeness (QED) is 0.783. The number of carbonyl (C=O) groups is 2. The molecule has 0 saturated heterocycles. The average Bonchev–Trinajstić information content (AvgIpc) is 2.54. The van der Waals surface area contributed by atoms with Gasteiger partial charge in [0, 0.05) is 11.3 Å². The molecule has 2 rings (SSSR count). The number of ether oxygens (including phenoxy) is 1. The third-order valence-electron chi connectivity index (χ3n) is 3.19. The highest BCUT2D eigenvalue weighted by atomic mass is 35.5. The Kier molecular flexibility index (Phi) is 5.69. The fraction of sp³-hybridized carbons (Fsp3) is 0.176. The summed E-state index contributed by atoms with van der Waals surface area (Å²) in [5, 5.41) is 1.85. The largest absolute Gasteiger partial charge is 0.484 e. The number of ketones is 1. The topological polar surface area (TPSA) is 55.4 Å².